The fraction of sp³-hybridized carbons (Fsp3) is 0.167. The highest BCUT2D eigenvalue weighted by Gasteiger charge is 2.11. The summed E-state index contributed by atoms with van der Waals surface area (Å²) in [5.41, 5.74) is 1.78. The van der Waals surface area contributed by atoms with Crippen molar-refractivity contribution in [1.29, 1.82) is 5.26 Å². The lowest BCUT2D eigenvalue weighted by Crippen LogP contribution is -2.18. The summed E-state index contributed by atoms with van der Waals surface area (Å²) < 4.78 is 0. The van der Waals surface area contributed by atoms with Gasteiger partial charge in [0.1, 0.15) is 6.07 Å². The first-order valence-corrected chi connectivity index (χ1v) is 7.70. The van der Waals surface area contributed by atoms with E-state index in [1.165, 1.54) is 12.1 Å². The summed E-state index contributed by atoms with van der Waals surface area (Å²) in [4.78, 5) is 24.0. The van der Waals surface area contributed by atoms with Gasteiger partial charge in [0.25, 0.3) is 5.91 Å². The number of halogens is 1. The molecule has 0 aliphatic carbocycles. The Morgan fingerprint density at radius 1 is 1.08 bits per heavy atom. The summed E-state index contributed by atoms with van der Waals surface area (Å²) in [6.45, 7) is 3.58. The van der Waals surface area contributed by atoms with Crippen LogP contribution in [0.1, 0.15) is 29.8 Å². The van der Waals surface area contributed by atoms with Crippen molar-refractivity contribution in [3.05, 3.63) is 58.6 Å². The third-order valence-corrected chi connectivity index (χ3v) is 3.58. The molecule has 6 heteroatoms. The number of amides is 2. The second-order valence-corrected chi connectivity index (χ2v) is 5.89. The van der Waals surface area contributed by atoms with Crippen LogP contribution < -0.4 is 10.6 Å². The molecule has 0 aliphatic heterocycles. The number of nitrogens with one attached hydrogen (secondary N) is 2. The summed E-state index contributed by atoms with van der Waals surface area (Å²) in [6.07, 6.45) is 0. The van der Waals surface area contributed by atoms with E-state index in [1.807, 2.05) is 6.07 Å². The van der Waals surface area contributed by atoms with Gasteiger partial charge in [-0.2, -0.15) is 5.26 Å². The van der Waals surface area contributed by atoms with E-state index < -0.39 is 0 Å². The lowest BCUT2D eigenvalue weighted by atomic mass is 10.1. The number of hydrogen-bond donors (Lipinski definition) is 2. The Hall–Kier alpha value is -2.84. The van der Waals surface area contributed by atoms with Gasteiger partial charge in [-0.25, -0.2) is 0 Å². The van der Waals surface area contributed by atoms with E-state index in [0.717, 1.165) is 0 Å². The van der Waals surface area contributed by atoms with Crippen molar-refractivity contribution in [3.63, 3.8) is 0 Å². The van der Waals surface area contributed by atoms with Gasteiger partial charge < -0.3 is 10.6 Å². The van der Waals surface area contributed by atoms with Gasteiger partial charge in [-0.3, -0.25) is 9.59 Å². The van der Waals surface area contributed by atoms with Gasteiger partial charge in [-0.05, 0) is 36.4 Å². The van der Waals surface area contributed by atoms with Crippen LogP contribution in [0, 0.1) is 17.2 Å². The van der Waals surface area contributed by atoms with Crippen LogP contribution in [-0.2, 0) is 4.79 Å². The largest absolute Gasteiger partial charge is 0.326 e. The van der Waals surface area contributed by atoms with Crippen LogP contribution in [0.2, 0.25) is 5.02 Å². The van der Waals surface area contributed by atoms with Crippen molar-refractivity contribution in [2.24, 2.45) is 5.92 Å². The summed E-state index contributed by atoms with van der Waals surface area (Å²) in [7, 11) is 0. The zero-order valence-corrected chi connectivity index (χ0v) is 14.0. The fourth-order valence-electron chi connectivity index (χ4n) is 1.91. The molecule has 0 fully saturated rings. The molecule has 122 valence electrons. The van der Waals surface area contributed by atoms with E-state index in [2.05, 4.69) is 10.6 Å². The average Bonchev–Trinajstić information content (AvgIpc) is 2.55. The second-order valence-electron chi connectivity index (χ2n) is 5.49. The van der Waals surface area contributed by atoms with Gasteiger partial charge in [-0.1, -0.05) is 31.5 Å². The van der Waals surface area contributed by atoms with E-state index in [9.17, 15) is 9.59 Å². The maximum atomic E-state index is 12.3. The van der Waals surface area contributed by atoms with Crippen LogP contribution >= 0.6 is 11.6 Å². The lowest BCUT2D eigenvalue weighted by Gasteiger charge is -2.10. The van der Waals surface area contributed by atoms with Gasteiger partial charge in [0.2, 0.25) is 5.91 Å². The number of nitriles is 1. The molecular weight excluding hydrogens is 326 g/mol. The number of rotatable bonds is 4. The Balaban J connectivity index is 2.14. The maximum Gasteiger partial charge on any atom is 0.255 e. The van der Waals surface area contributed by atoms with Crippen LogP contribution in [-0.4, -0.2) is 11.8 Å². The Morgan fingerprint density at radius 2 is 1.79 bits per heavy atom. The standard InChI is InChI=1S/C18H16ClN3O2/c1-11(2)17(23)21-14-5-3-4-12(8-14)18(24)22-15-7-6-13(10-20)16(19)9-15/h3-9,11H,1-2H3,(H,21,23)(H,22,24). The van der Waals surface area contributed by atoms with Crippen molar-refractivity contribution >= 4 is 34.8 Å². The predicted molar refractivity (Wildman–Crippen MR) is 94.0 cm³/mol. The summed E-state index contributed by atoms with van der Waals surface area (Å²) in [5, 5.41) is 14.6. The molecule has 2 rings (SSSR count). The fourth-order valence-corrected chi connectivity index (χ4v) is 2.13. The first-order chi connectivity index (χ1) is 11.4. The average molecular weight is 342 g/mol. The zero-order valence-electron chi connectivity index (χ0n) is 13.3. The third kappa shape index (κ3) is 4.34. The van der Waals surface area contributed by atoms with Gasteiger partial charge in [0.05, 0.1) is 10.6 Å². The number of anilines is 2. The smallest absolute Gasteiger partial charge is 0.255 e. The monoisotopic (exact) mass is 341 g/mol. The SMILES string of the molecule is CC(C)C(=O)Nc1cccc(C(=O)Nc2ccc(C#N)c(Cl)c2)c1. The molecule has 0 heterocycles. The number of nitrogens with zero attached hydrogens (tertiary/aromatic N) is 1. The first kappa shape index (κ1) is 17.5. The van der Waals surface area contributed by atoms with Crippen molar-refractivity contribution < 1.29 is 9.59 Å². The van der Waals surface area contributed by atoms with Gasteiger partial charge in [0, 0.05) is 22.9 Å². The molecule has 0 bridgehead atoms. The second kappa shape index (κ2) is 7.62. The van der Waals surface area contributed by atoms with Crippen molar-refractivity contribution in [1.82, 2.24) is 0 Å². The molecule has 2 N–H and O–H groups in total. The van der Waals surface area contributed by atoms with Crippen LogP contribution in [0.5, 0.6) is 0 Å². The highest BCUT2D eigenvalue weighted by Crippen LogP contribution is 2.21. The molecule has 0 spiro atoms. The van der Waals surface area contributed by atoms with Gasteiger partial charge in [-0.15, -0.1) is 0 Å². The minimum atomic E-state index is -0.337. The first-order valence-electron chi connectivity index (χ1n) is 7.32. The lowest BCUT2D eigenvalue weighted by molar-refractivity contribution is -0.118. The normalized spacial score (nSPS) is 10.1. The van der Waals surface area contributed by atoms with Crippen molar-refractivity contribution in [3.8, 4) is 6.07 Å². The van der Waals surface area contributed by atoms with Crippen LogP contribution in [0.15, 0.2) is 42.5 Å². The molecule has 0 aliphatic rings. The minimum Gasteiger partial charge on any atom is -0.326 e. The van der Waals surface area contributed by atoms with Crippen LogP contribution in [0.3, 0.4) is 0 Å². The summed E-state index contributed by atoms with van der Waals surface area (Å²) >= 11 is 5.95. The molecule has 0 aromatic heterocycles. The Bertz CT molecular complexity index is 825. The van der Waals surface area contributed by atoms with Crippen molar-refractivity contribution in [2.75, 3.05) is 10.6 Å². The van der Waals surface area contributed by atoms with E-state index >= 15 is 0 Å². The molecule has 0 unspecified atom stereocenters. The molecule has 24 heavy (non-hydrogen) atoms. The zero-order chi connectivity index (χ0) is 17.7. The molecule has 0 atom stereocenters. The quantitative estimate of drug-likeness (QED) is 0.879. The van der Waals surface area contributed by atoms with Gasteiger partial charge >= 0.3 is 0 Å². The highest BCUT2D eigenvalue weighted by molar-refractivity contribution is 6.32. The van der Waals surface area contributed by atoms with E-state index in [1.54, 1.807) is 44.2 Å². The number of hydrogen-bond acceptors (Lipinski definition) is 3. The van der Waals surface area contributed by atoms with Crippen molar-refractivity contribution in [2.45, 2.75) is 13.8 Å². The molecule has 2 aromatic carbocycles. The summed E-state index contributed by atoms with van der Waals surface area (Å²) in [5.74, 6) is -0.605. The maximum absolute atomic E-state index is 12.3. The van der Waals surface area contributed by atoms with Gasteiger partial charge in [0.15, 0.2) is 0 Å². The minimum absolute atomic E-state index is 0.119. The molecule has 0 radical (unpaired) electrons. The van der Waals surface area contributed by atoms with E-state index in [4.69, 9.17) is 16.9 Å². The number of carbonyl (C=O) groups excluding carboxylic acids is 2. The van der Waals surface area contributed by atoms with Crippen LogP contribution in [0.4, 0.5) is 11.4 Å². The molecule has 0 saturated heterocycles. The molecule has 2 amide bonds. The Kier molecular flexibility index (Phi) is 5.56. The third-order valence-electron chi connectivity index (χ3n) is 3.26. The van der Waals surface area contributed by atoms with E-state index in [0.29, 0.717) is 22.5 Å². The topological polar surface area (TPSA) is 82.0 Å². The Morgan fingerprint density at radius 3 is 2.42 bits per heavy atom. The highest BCUT2D eigenvalue weighted by atomic mass is 35.5. The molecule has 0 saturated carbocycles. The molecule has 2 aromatic rings. The number of carbonyl (C=O) groups is 2. The Labute approximate surface area is 145 Å². The summed E-state index contributed by atoms with van der Waals surface area (Å²) in [6, 6.07) is 13.3. The molecular formula is C18H16ClN3O2. The molecule has 5 nitrogen and oxygen atoms in total. The number of benzene rings is 2. The van der Waals surface area contributed by atoms with Crippen LogP contribution in [0.25, 0.3) is 0 Å². The predicted octanol–water partition coefficient (Wildman–Crippen LogP) is 4.06. The van der Waals surface area contributed by atoms with E-state index in [-0.39, 0.29) is 22.8 Å².